The Bertz CT molecular complexity index is 1020. The van der Waals surface area contributed by atoms with Crippen LogP contribution in [0.25, 0.3) is 0 Å². The summed E-state index contributed by atoms with van der Waals surface area (Å²) in [5.74, 6) is 5.66. The summed E-state index contributed by atoms with van der Waals surface area (Å²) in [5, 5.41) is 14.6. The molecule has 2 unspecified atom stereocenters. The molecule has 0 radical (unpaired) electrons. The van der Waals surface area contributed by atoms with Crippen molar-refractivity contribution >= 4 is 13.7 Å². The maximum Gasteiger partial charge on any atom is 0.268 e. The third-order valence-electron chi connectivity index (χ3n) is 9.81. The van der Waals surface area contributed by atoms with Crippen molar-refractivity contribution < 1.29 is 32.9 Å². The Balaban J connectivity index is 5.09. The van der Waals surface area contributed by atoms with Crippen LogP contribution in [0.5, 0.6) is 0 Å². The molecule has 0 aromatic carbocycles. The van der Waals surface area contributed by atoms with Gasteiger partial charge in [-0.1, -0.05) is 167 Å². The van der Waals surface area contributed by atoms with E-state index in [2.05, 4.69) is 31.0 Å². The number of quaternary nitrogens is 1. The lowest BCUT2D eigenvalue weighted by Gasteiger charge is -2.37. The standard InChI is InChI=1S/C43H83N2O6P/c1-8-11-13-15-17-19-21-23-25-27-29-31-33-36-41(46)44-43(4,39-51-52(48,49)50-38-37-45(5,6)7)42(47)40(34-10-3)35-32-30-28-26-24-22-20-18-16-14-12-9-2/h35,42,47H,8-9,11-33,36-39H2,1-7H3,(H-,44,46,48,49)/t42-,43?/m1/s1. The molecule has 0 aromatic rings. The lowest BCUT2D eigenvalue weighted by Crippen LogP contribution is -2.58. The van der Waals surface area contributed by atoms with E-state index in [0.29, 0.717) is 23.0 Å². The molecule has 0 bridgehead atoms. The number of phosphoric acid groups is 1. The summed E-state index contributed by atoms with van der Waals surface area (Å²) in [6.45, 7) is 7.81. The zero-order valence-corrected chi connectivity index (χ0v) is 35.9. The molecule has 8 nitrogen and oxygen atoms in total. The van der Waals surface area contributed by atoms with Gasteiger partial charge in [-0.25, -0.2) is 0 Å². The van der Waals surface area contributed by atoms with Crippen LogP contribution in [0.15, 0.2) is 11.6 Å². The number of unbranched alkanes of at least 4 members (excludes halogenated alkanes) is 23. The molecule has 3 atom stereocenters. The zero-order chi connectivity index (χ0) is 39.0. The van der Waals surface area contributed by atoms with Crippen LogP contribution in [0.2, 0.25) is 0 Å². The van der Waals surface area contributed by atoms with Gasteiger partial charge in [0.25, 0.3) is 7.82 Å². The second-order valence-corrected chi connectivity index (χ2v) is 17.7. The minimum Gasteiger partial charge on any atom is -0.756 e. The van der Waals surface area contributed by atoms with Crippen LogP contribution in [0.4, 0.5) is 0 Å². The molecule has 0 spiro atoms. The number of rotatable bonds is 36. The maximum atomic E-state index is 13.2. The summed E-state index contributed by atoms with van der Waals surface area (Å²) in [5.41, 5.74) is -0.960. The van der Waals surface area contributed by atoms with E-state index < -0.39 is 26.1 Å². The molecule has 2 N–H and O–H groups in total. The fourth-order valence-electron chi connectivity index (χ4n) is 6.33. The maximum absolute atomic E-state index is 13.2. The Morgan fingerprint density at radius 2 is 1.19 bits per heavy atom. The van der Waals surface area contributed by atoms with Crippen molar-refractivity contribution in [3.8, 4) is 11.8 Å². The summed E-state index contributed by atoms with van der Waals surface area (Å²) in [7, 11) is 1.15. The largest absolute Gasteiger partial charge is 0.756 e. The number of phosphoric ester groups is 1. The van der Waals surface area contributed by atoms with Crippen molar-refractivity contribution in [2.24, 2.45) is 0 Å². The van der Waals surface area contributed by atoms with Crippen LogP contribution in [-0.2, 0) is 18.4 Å². The fraction of sp³-hybridized carbons (Fsp3) is 0.884. The molecular weight excluding hydrogens is 671 g/mol. The molecule has 0 aliphatic heterocycles. The van der Waals surface area contributed by atoms with Gasteiger partial charge >= 0.3 is 0 Å². The molecule has 0 heterocycles. The molecule has 0 saturated carbocycles. The summed E-state index contributed by atoms with van der Waals surface area (Å²) in [4.78, 5) is 25.9. The molecule has 52 heavy (non-hydrogen) atoms. The van der Waals surface area contributed by atoms with E-state index in [1.807, 2.05) is 27.2 Å². The number of likely N-dealkylation sites (N-methyl/N-ethyl adjacent to an activating group) is 1. The molecule has 0 saturated heterocycles. The lowest BCUT2D eigenvalue weighted by molar-refractivity contribution is -0.870. The van der Waals surface area contributed by atoms with E-state index >= 15 is 0 Å². The van der Waals surface area contributed by atoms with Gasteiger partial charge in [-0.3, -0.25) is 9.36 Å². The summed E-state index contributed by atoms with van der Waals surface area (Å²) >= 11 is 0. The van der Waals surface area contributed by atoms with Crippen molar-refractivity contribution in [3.63, 3.8) is 0 Å². The van der Waals surface area contributed by atoms with Crippen LogP contribution in [-0.4, -0.2) is 68.0 Å². The Morgan fingerprint density at radius 3 is 1.62 bits per heavy atom. The van der Waals surface area contributed by atoms with E-state index in [0.717, 1.165) is 38.5 Å². The number of aliphatic hydroxyl groups excluding tert-OH is 1. The monoisotopic (exact) mass is 755 g/mol. The minimum absolute atomic E-state index is 0.0274. The van der Waals surface area contributed by atoms with Crippen LogP contribution in [0, 0.1) is 11.8 Å². The quantitative estimate of drug-likeness (QED) is 0.0285. The highest BCUT2D eigenvalue weighted by atomic mass is 31.2. The highest BCUT2D eigenvalue weighted by Crippen LogP contribution is 2.39. The molecule has 0 rings (SSSR count). The first-order valence-electron chi connectivity index (χ1n) is 21.3. The average molecular weight is 755 g/mol. The van der Waals surface area contributed by atoms with Crippen molar-refractivity contribution in [1.82, 2.24) is 5.32 Å². The number of carbonyl (C=O) groups excluding carboxylic acids is 1. The molecule has 1 amide bonds. The third-order valence-corrected chi connectivity index (χ3v) is 10.7. The predicted molar refractivity (Wildman–Crippen MR) is 218 cm³/mol. The van der Waals surface area contributed by atoms with Crippen molar-refractivity contribution in [3.05, 3.63) is 11.6 Å². The number of aliphatic hydroxyl groups is 1. The summed E-state index contributed by atoms with van der Waals surface area (Å²) in [6.07, 6.45) is 31.4. The fourth-order valence-corrected chi connectivity index (χ4v) is 7.14. The van der Waals surface area contributed by atoms with E-state index in [-0.39, 0.29) is 12.5 Å². The molecule has 0 aliphatic carbocycles. The van der Waals surface area contributed by atoms with E-state index in [4.69, 9.17) is 9.05 Å². The number of nitrogens with zero attached hydrogens (tertiary/aromatic N) is 1. The Morgan fingerprint density at radius 1 is 0.769 bits per heavy atom. The molecule has 9 heteroatoms. The highest BCUT2D eigenvalue weighted by Gasteiger charge is 2.38. The van der Waals surface area contributed by atoms with Crippen LogP contribution < -0.4 is 10.2 Å². The van der Waals surface area contributed by atoms with Gasteiger partial charge in [-0.05, 0) is 33.1 Å². The van der Waals surface area contributed by atoms with Gasteiger partial charge in [-0.15, -0.1) is 5.92 Å². The van der Waals surface area contributed by atoms with Gasteiger partial charge in [0.05, 0.1) is 33.3 Å². The molecule has 306 valence electrons. The van der Waals surface area contributed by atoms with Gasteiger partial charge in [0.2, 0.25) is 5.91 Å². The van der Waals surface area contributed by atoms with Gasteiger partial charge in [0.1, 0.15) is 19.3 Å². The number of allylic oxidation sites excluding steroid dienone is 1. The first-order chi connectivity index (χ1) is 24.8. The van der Waals surface area contributed by atoms with E-state index in [1.54, 1.807) is 13.8 Å². The number of nitrogens with one attached hydrogen (secondary N) is 1. The number of carbonyl (C=O) groups is 1. The molecular formula is C43H83N2O6P. The SMILES string of the molecule is CC#CC(=CCCCCCCCCCCCCC)[C@@H](O)C(C)(COP(=O)([O-])OCC[N+](C)(C)C)NC(=O)CCCCCCCCCCCCCCC. The summed E-state index contributed by atoms with van der Waals surface area (Å²) in [6, 6.07) is 0. The van der Waals surface area contributed by atoms with Crippen molar-refractivity contribution in [2.75, 3.05) is 40.9 Å². The van der Waals surface area contributed by atoms with Crippen molar-refractivity contribution in [2.45, 2.75) is 206 Å². The summed E-state index contributed by atoms with van der Waals surface area (Å²) < 4.78 is 23.7. The molecule has 0 fully saturated rings. The Hall–Kier alpha value is -1.20. The molecule has 0 aromatic heterocycles. The minimum atomic E-state index is -4.68. The molecule has 0 aliphatic rings. The second kappa shape index (κ2) is 32.1. The van der Waals surface area contributed by atoms with E-state index in [1.165, 1.54) is 122 Å². The van der Waals surface area contributed by atoms with Crippen LogP contribution in [0.1, 0.15) is 195 Å². The van der Waals surface area contributed by atoms with Crippen LogP contribution >= 0.6 is 7.82 Å². The normalized spacial score (nSPS) is 15.1. The first-order valence-corrected chi connectivity index (χ1v) is 22.8. The topological polar surface area (TPSA) is 108 Å². The lowest BCUT2D eigenvalue weighted by atomic mass is 9.88. The number of hydrogen-bond donors (Lipinski definition) is 2. The first kappa shape index (κ1) is 50.8. The van der Waals surface area contributed by atoms with Gasteiger partial charge in [-0.2, -0.15) is 0 Å². The number of amides is 1. The third kappa shape index (κ3) is 30.2. The van der Waals surface area contributed by atoms with Crippen molar-refractivity contribution in [1.29, 1.82) is 0 Å². The highest BCUT2D eigenvalue weighted by molar-refractivity contribution is 7.45. The average Bonchev–Trinajstić information content (AvgIpc) is 3.08. The number of hydrogen-bond acceptors (Lipinski definition) is 6. The predicted octanol–water partition coefficient (Wildman–Crippen LogP) is 10.6. The van der Waals surface area contributed by atoms with Gasteiger partial charge in [0.15, 0.2) is 0 Å². The Kier molecular flexibility index (Phi) is 31.3. The zero-order valence-electron chi connectivity index (χ0n) is 35.0. The second-order valence-electron chi connectivity index (χ2n) is 16.3. The van der Waals surface area contributed by atoms with Gasteiger partial charge < -0.3 is 28.8 Å². The smallest absolute Gasteiger partial charge is 0.268 e. The van der Waals surface area contributed by atoms with Crippen LogP contribution in [0.3, 0.4) is 0 Å². The van der Waals surface area contributed by atoms with E-state index in [9.17, 15) is 19.4 Å². The Labute approximate surface area is 321 Å². The van der Waals surface area contributed by atoms with Gasteiger partial charge in [0, 0.05) is 12.0 Å².